The summed E-state index contributed by atoms with van der Waals surface area (Å²) >= 11 is 13.2. The molecule has 0 aliphatic rings. The van der Waals surface area contributed by atoms with E-state index in [1.54, 1.807) is 22.6 Å². The van der Waals surface area contributed by atoms with Crippen LogP contribution in [-0.4, -0.2) is 23.2 Å². The van der Waals surface area contributed by atoms with Gasteiger partial charge in [-0.2, -0.15) is 0 Å². The van der Waals surface area contributed by atoms with Crippen molar-refractivity contribution in [2.45, 2.75) is 10.2 Å². The molecular weight excluding hydrogens is 398 g/mol. The van der Waals surface area contributed by atoms with Gasteiger partial charge in [0.2, 0.25) is 0 Å². The monoisotopic (exact) mass is 406 g/mol. The lowest BCUT2D eigenvalue weighted by Crippen LogP contribution is -2.26. The van der Waals surface area contributed by atoms with Crippen LogP contribution >= 0.6 is 45.8 Å². The molecule has 0 heterocycles. The molecule has 1 aromatic rings. The van der Waals surface area contributed by atoms with E-state index in [4.69, 9.17) is 23.2 Å². The van der Waals surface area contributed by atoms with E-state index in [-0.39, 0.29) is 16.3 Å². The first-order valence-electron chi connectivity index (χ1n) is 4.64. The fraction of sp³-hybridized carbons (Fsp3) is 0.300. The number of benzene rings is 1. The van der Waals surface area contributed by atoms with E-state index >= 15 is 0 Å². The number of sulfone groups is 1. The van der Waals surface area contributed by atoms with Gasteiger partial charge < -0.3 is 0 Å². The largest absolute Gasteiger partial charge is 0.292 e. The van der Waals surface area contributed by atoms with Crippen molar-refractivity contribution in [1.29, 1.82) is 0 Å². The van der Waals surface area contributed by atoms with Crippen LogP contribution in [0.4, 0.5) is 0 Å². The van der Waals surface area contributed by atoms with Gasteiger partial charge in [0.1, 0.15) is 0 Å². The van der Waals surface area contributed by atoms with E-state index < -0.39 is 18.9 Å². The van der Waals surface area contributed by atoms with Crippen LogP contribution in [0.1, 0.15) is 17.3 Å². The van der Waals surface area contributed by atoms with E-state index in [0.29, 0.717) is 5.02 Å². The van der Waals surface area contributed by atoms with Gasteiger partial charge >= 0.3 is 0 Å². The highest BCUT2D eigenvalue weighted by Gasteiger charge is 2.30. The van der Waals surface area contributed by atoms with Crippen molar-refractivity contribution >= 4 is 61.4 Å². The molecule has 3 nitrogen and oxygen atoms in total. The van der Waals surface area contributed by atoms with Gasteiger partial charge in [-0.3, -0.25) is 4.79 Å². The molecule has 0 radical (unpaired) electrons. The van der Waals surface area contributed by atoms with E-state index in [0.717, 1.165) is 0 Å². The predicted octanol–water partition coefficient (Wildman–Crippen LogP) is 3.37. The van der Waals surface area contributed by atoms with Gasteiger partial charge in [-0.25, -0.2) is 8.42 Å². The Labute approximate surface area is 124 Å². The molecule has 94 valence electrons. The second-order valence-electron chi connectivity index (χ2n) is 3.26. The Balaban J connectivity index is 3.14. The summed E-state index contributed by atoms with van der Waals surface area (Å²) in [4.78, 5) is 12.0. The summed E-state index contributed by atoms with van der Waals surface area (Å²) in [5.74, 6) is -0.605. The second kappa shape index (κ2) is 5.86. The molecule has 0 bridgehead atoms. The number of hydrogen-bond donors (Lipinski definition) is 0. The number of ketones is 1. The number of Topliss-reactive ketones (excluding diaryl/α,β-unsaturated/α-hetero) is 1. The lowest BCUT2D eigenvalue weighted by atomic mass is 10.1. The maximum atomic E-state index is 12.0. The normalized spacial score (nSPS) is 13.4. The molecule has 1 rings (SSSR count). The van der Waals surface area contributed by atoms with Gasteiger partial charge in [0.25, 0.3) is 0 Å². The molecule has 7 heteroatoms. The van der Waals surface area contributed by atoms with Crippen LogP contribution in [-0.2, 0) is 9.84 Å². The maximum Gasteiger partial charge on any atom is 0.192 e. The molecule has 0 aliphatic heterocycles. The third kappa shape index (κ3) is 3.56. The number of rotatable bonds is 4. The van der Waals surface area contributed by atoms with Crippen molar-refractivity contribution in [3.05, 3.63) is 33.8 Å². The molecule has 0 aliphatic carbocycles. The summed E-state index contributed by atoms with van der Waals surface area (Å²) in [5.41, 5.74) is 0.174. The number of hydrogen-bond acceptors (Lipinski definition) is 3. The van der Waals surface area contributed by atoms with Crippen LogP contribution < -0.4 is 0 Å². The molecule has 1 atom stereocenters. The molecule has 1 aromatic carbocycles. The first-order chi connectivity index (χ1) is 7.79. The van der Waals surface area contributed by atoms with Gasteiger partial charge in [0.15, 0.2) is 18.9 Å². The molecule has 0 unspecified atom stereocenters. The molecule has 0 N–H and O–H groups in total. The van der Waals surface area contributed by atoms with Crippen LogP contribution in [0.15, 0.2) is 18.2 Å². The number of carbonyl (C=O) groups excluding carboxylic acids is 1. The summed E-state index contributed by atoms with van der Waals surface area (Å²) in [6.07, 6.45) is 0. The summed E-state index contributed by atoms with van der Waals surface area (Å²) in [5, 5.41) is 0.561. The fourth-order valence-electron chi connectivity index (χ4n) is 1.12. The van der Waals surface area contributed by atoms with Crippen LogP contribution in [0.5, 0.6) is 0 Å². The van der Waals surface area contributed by atoms with Crippen LogP contribution in [0.25, 0.3) is 0 Å². The summed E-state index contributed by atoms with van der Waals surface area (Å²) in [6, 6.07) is 4.35. The molecule has 0 fully saturated rings. The van der Waals surface area contributed by atoms with Crippen molar-refractivity contribution in [2.24, 2.45) is 0 Å². The van der Waals surface area contributed by atoms with Gasteiger partial charge in [-0.1, -0.05) is 52.7 Å². The Morgan fingerprint density at radius 2 is 2.00 bits per heavy atom. The minimum absolute atomic E-state index is 0.0858. The summed E-state index contributed by atoms with van der Waals surface area (Å²) < 4.78 is 22.1. The molecule has 0 amide bonds. The molecule has 17 heavy (non-hydrogen) atoms. The Kier molecular flexibility index (Phi) is 5.24. The second-order valence-corrected chi connectivity index (χ2v) is 8.56. The topological polar surface area (TPSA) is 51.2 Å². The molecule has 0 spiro atoms. The van der Waals surface area contributed by atoms with E-state index in [2.05, 4.69) is 0 Å². The Hall–Kier alpha value is 0.150. The predicted molar refractivity (Wildman–Crippen MR) is 78.1 cm³/mol. The van der Waals surface area contributed by atoms with Gasteiger partial charge in [0.05, 0.1) is 5.02 Å². The minimum atomic E-state index is -3.43. The highest BCUT2D eigenvalue weighted by atomic mass is 127. The summed E-state index contributed by atoms with van der Waals surface area (Å²) in [6.45, 7) is 1.50. The zero-order valence-electron chi connectivity index (χ0n) is 8.78. The maximum absolute atomic E-state index is 12.0. The Bertz CT molecular complexity index is 542. The third-order valence-electron chi connectivity index (χ3n) is 2.12. The molecule has 0 saturated carbocycles. The Morgan fingerprint density at radius 3 is 2.47 bits per heavy atom. The number of halogens is 3. The van der Waals surface area contributed by atoms with Crippen LogP contribution in [0.2, 0.25) is 10.0 Å². The SMILES string of the molecule is CCS(=O)(=O)[C@H](I)C(=O)c1ccc(Cl)cc1Cl. The number of carbonyl (C=O) groups is 1. The molecule has 0 aromatic heterocycles. The average molecular weight is 407 g/mol. The van der Waals surface area contributed by atoms with E-state index in [1.165, 1.54) is 25.1 Å². The summed E-state index contributed by atoms with van der Waals surface area (Å²) in [7, 11) is -3.43. The quantitative estimate of drug-likeness (QED) is 0.437. The zero-order chi connectivity index (χ0) is 13.2. The van der Waals surface area contributed by atoms with Gasteiger partial charge in [-0.15, -0.1) is 0 Å². The van der Waals surface area contributed by atoms with Crippen LogP contribution in [0, 0.1) is 0 Å². The highest BCUT2D eigenvalue weighted by Crippen LogP contribution is 2.25. The van der Waals surface area contributed by atoms with Crippen molar-refractivity contribution < 1.29 is 13.2 Å². The lowest BCUT2D eigenvalue weighted by Gasteiger charge is -2.10. The van der Waals surface area contributed by atoms with E-state index in [1.807, 2.05) is 0 Å². The standard InChI is InChI=1S/C10H9Cl2IO3S/c1-2-17(15,16)10(13)9(14)7-4-3-6(11)5-8(7)12/h3-5,10H,2H2,1H3/t10-/m0/s1. The minimum Gasteiger partial charge on any atom is -0.292 e. The first kappa shape index (κ1) is 15.2. The van der Waals surface area contributed by atoms with Crippen molar-refractivity contribution in [3.63, 3.8) is 0 Å². The lowest BCUT2D eigenvalue weighted by molar-refractivity contribution is 0.101. The molecule has 0 saturated heterocycles. The fourth-order valence-corrected chi connectivity index (χ4v) is 3.78. The van der Waals surface area contributed by atoms with Crippen molar-refractivity contribution in [1.82, 2.24) is 0 Å². The van der Waals surface area contributed by atoms with E-state index in [9.17, 15) is 13.2 Å². The van der Waals surface area contributed by atoms with Gasteiger partial charge in [0, 0.05) is 16.3 Å². The van der Waals surface area contributed by atoms with Crippen molar-refractivity contribution in [3.8, 4) is 0 Å². The molecular formula is C10H9Cl2IO3S. The van der Waals surface area contributed by atoms with Crippen molar-refractivity contribution in [2.75, 3.05) is 5.75 Å². The Morgan fingerprint density at radius 1 is 1.41 bits per heavy atom. The third-order valence-corrected chi connectivity index (χ3v) is 7.21. The number of alkyl halides is 1. The highest BCUT2D eigenvalue weighted by molar-refractivity contribution is 14.1. The zero-order valence-corrected chi connectivity index (χ0v) is 13.3. The van der Waals surface area contributed by atoms with Gasteiger partial charge in [-0.05, 0) is 18.2 Å². The first-order valence-corrected chi connectivity index (χ1v) is 8.36. The van der Waals surface area contributed by atoms with Crippen LogP contribution in [0.3, 0.4) is 0 Å². The average Bonchev–Trinajstić information content (AvgIpc) is 2.27. The smallest absolute Gasteiger partial charge is 0.192 e.